The fourth-order valence-corrected chi connectivity index (χ4v) is 3.67. The Balaban J connectivity index is 1.30. The molecule has 1 fully saturated rings. The van der Waals surface area contributed by atoms with Crippen molar-refractivity contribution in [2.75, 3.05) is 33.9 Å². The zero-order valence-corrected chi connectivity index (χ0v) is 17.9. The Bertz CT molecular complexity index is 1060. The van der Waals surface area contributed by atoms with Gasteiger partial charge in [-0.05, 0) is 55.3 Å². The molecule has 0 spiro atoms. The molecule has 3 aromatic rings. The number of piperidine rings is 1. The molecule has 3 N–H and O–H groups in total. The number of amides is 2. The highest BCUT2D eigenvalue weighted by atomic mass is 16.2. The van der Waals surface area contributed by atoms with E-state index in [1.807, 2.05) is 36.4 Å². The van der Waals surface area contributed by atoms with Crippen LogP contribution in [0, 0.1) is 5.92 Å². The van der Waals surface area contributed by atoms with E-state index < -0.39 is 0 Å². The largest absolute Gasteiger partial charge is 0.341 e. The van der Waals surface area contributed by atoms with Gasteiger partial charge >= 0.3 is 0 Å². The molecule has 1 aromatic heterocycles. The highest BCUT2D eigenvalue weighted by Gasteiger charge is 2.26. The topological polar surface area (TPSA) is 99.3 Å². The molecule has 2 heterocycles. The summed E-state index contributed by atoms with van der Waals surface area (Å²) >= 11 is 0. The number of carbonyl (C=O) groups excluding carboxylic acids is 2. The lowest BCUT2D eigenvalue weighted by Gasteiger charge is -2.31. The van der Waals surface area contributed by atoms with Crippen molar-refractivity contribution < 1.29 is 9.59 Å². The van der Waals surface area contributed by atoms with Crippen LogP contribution in [0.2, 0.25) is 0 Å². The van der Waals surface area contributed by atoms with E-state index in [1.165, 1.54) is 6.92 Å². The van der Waals surface area contributed by atoms with Crippen LogP contribution in [0.15, 0.2) is 66.9 Å². The van der Waals surface area contributed by atoms with E-state index in [4.69, 9.17) is 0 Å². The number of nitrogens with one attached hydrogen (secondary N) is 3. The minimum Gasteiger partial charge on any atom is -0.341 e. The Morgan fingerprint density at radius 3 is 2.19 bits per heavy atom. The fourth-order valence-electron chi connectivity index (χ4n) is 3.67. The van der Waals surface area contributed by atoms with Gasteiger partial charge in [-0.15, -0.1) is 0 Å². The van der Waals surface area contributed by atoms with Gasteiger partial charge in [-0.3, -0.25) is 9.59 Å². The molecule has 0 atom stereocenters. The molecule has 1 saturated heterocycles. The predicted molar refractivity (Wildman–Crippen MR) is 126 cm³/mol. The van der Waals surface area contributed by atoms with Crippen LogP contribution in [0.3, 0.4) is 0 Å². The molecule has 0 saturated carbocycles. The van der Waals surface area contributed by atoms with Gasteiger partial charge in [0.1, 0.15) is 5.82 Å². The second-order valence-corrected chi connectivity index (χ2v) is 7.74. The Morgan fingerprint density at radius 1 is 0.875 bits per heavy atom. The van der Waals surface area contributed by atoms with Crippen LogP contribution in [0.5, 0.6) is 0 Å². The number of hydrogen-bond acceptors (Lipinski definition) is 6. The van der Waals surface area contributed by atoms with E-state index in [-0.39, 0.29) is 17.7 Å². The van der Waals surface area contributed by atoms with Crippen molar-refractivity contribution in [3.8, 4) is 0 Å². The summed E-state index contributed by atoms with van der Waals surface area (Å²) in [4.78, 5) is 35.0. The van der Waals surface area contributed by atoms with Crippen LogP contribution in [0.4, 0.5) is 28.8 Å². The van der Waals surface area contributed by atoms with Gasteiger partial charge < -0.3 is 20.9 Å². The van der Waals surface area contributed by atoms with E-state index in [1.54, 1.807) is 30.5 Å². The Kier molecular flexibility index (Phi) is 6.60. The maximum Gasteiger partial charge on any atom is 0.227 e. The number of hydrogen-bond donors (Lipinski definition) is 3. The monoisotopic (exact) mass is 430 g/mol. The molecule has 32 heavy (non-hydrogen) atoms. The molecule has 164 valence electrons. The van der Waals surface area contributed by atoms with Crippen molar-refractivity contribution in [1.29, 1.82) is 0 Å². The predicted octanol–water partition coefficient (Wildman–Crippen LogP) is 4.03. The van der Waals surface area contributed by atoms with Crippen molar-refractivity contribution in [2.45, 2.75) is 19.8 Å². The zero-order chi connectivity index (χ0) is 22.3. The van der Waals surface area contributed by atoms with E-state index in [0.29, 0.717) is 24.7 Å². The molecule has 0 unspecified atom stereocenters. The van der Waals surface area contributed by atoms with Crippen LogP contribution in [-0.4, -0.2) is 34.9 Å². The number of rotatable bonds is 6. The number of para-hydroxylation sites is 1. The van der Waals surface area contributed by atoms with Crippen LogP contribution in [0.1, 0.15) is 19.8 Å². The van der Waals surface area contributed by atoms with E-state index in [9.17, 15) is 9.59 Å². The van der Waals surface area contributed by atoms with Gasteiger partial charge in [-0.1, -0.05) is 18.2 Å². The summed E-state index contributed by atoms with van der Waals surface area (Å²) in [6.07, 6.45) is 3.21. The molecule has 0 aliphatic carbocycles. The Hall–Kier alpha value is -3.94. The third-order valence-corrected chi connectivity index (χ3v) is 5.31. The van der Waals surface area contributed by atoms with Gasteiger partial charge in [-0.25, -0.2) is 4.98 Å². The molecular formula is C24H26N6O2. The molecule has 2 amide bonds. The minimum atomic E-state index is -0.126. The highest BCUT2D eigenvalue weighted by Crippen LogP contribution is 2.24. The van der Waals surface area contributed by atoms with E-state index in [0.717, 1.165) is 30.0 Å². The Labute approximate surface area is 187 Å². The summed E-state index contributed by atoms with van der Waals surface area (Å²) in [5.74, 6) is 1.23. The first-order valence-electron chi connectivity index (χ1n) is 10.7. The molecule has 0 bridgehead atoms. The van der Waals surface area contributed by atoms with Gasteiger partial charge in [0.05, 0.1) is 0 Å². The van der Waals surface area contributed by atoms with Gasteiger partial charge in [0.2, 0.25) is 17.8 Å². The number of anilines is 5. The summed E-state index contributed by atoms with van der Waals surface area (Å²) in [7, 11) is 0. The molecule has 2 aromatic carbocycles. The second kappa shape index (κ2) is 9.91. The third kappa shape index (κ3) is 5.60. The lowest BCUT2D eigenvalue weighted by atomic mass is 9.96. The number of benzene rings is 2. The van der Waals surface area contributed by atoms with Gasteiger partial charge in [0.25, 0.3) is 0 Å². The SMILES string of the molecule is CC(=O)Nc1ccc(NC(=O)C2CCN(c3nccc(Nc4ccccc4)n3)CC2)cc1. The molecular weight excluding hydrogens is 404 g/mol. The number of carbonyl (C=O) groups is 2. The normalized spacial score (nSPS) is 14.0. The smallest absolute Gasteiger partial charge is 0.227 e. The summed E-state index contributed by atoms with van der Waals surface area (Å²) in [5.41, 5.74) is 2.39. The number of nitrogens with zero attached hydrogens (tertiary/aromatic N) is 3. The van der Waals surface area contributed by atoms with Crippen LogP contribution in [-0.2, 0) is 9.59 Å². The standard InChI is InChI=1S/C24H26N6O2/c1-17(31)26-20-7-9-21(10-8-20)28-23(32)18-12-15-30(16-13-18)24-25-14-11-22(29-24)27-19-5-3-2-4-6-19/h2-11,14,18H,12-13,15-16H2,1H3,(H,26,31)(H,28,32)(H,25,27,29). The molecule has 8 nitrogen and oxygen atoms in total. The molecule has 8 heteroatoms. The van der Waals surface area contributed by atoms with Gasteiger partial charge in [0.15, 0.2) is 0 Å². The zero-order valence-electron chi connectivity index (χ0n) is 17.9. The summed E-state index contributed by atoms with van der Waals surface area (Å²) in [6, 6.07) is 18.8. The quantitative estimate of drug-likeness (QED) is 0.546. The summed E-state index contributed by atoms with van der Waals surface area (Å²) in [6.45, 7) is 2.89. The summed E-state index contributed by atoms with van der Waals surface area (Å²) < 4.78 is 0. The molecule has 0 radical (unpaired) electrons. The first-order valence-corrected chi connectivity index (χ1v) is 10.7. The average molecular weight is 431 g/mol. The van der Waals surface area contributed by atoms with Crippen molar-refractivity contribution in [3.63, 3.8) is 0 Å². The molecule has 1 aliphatic heterocycles. The van der Waals surface area contributed by atoms with E-state index in [2.05, 4.69) is 30.8 Å². The van der Waals surface area contributed by atoms with Crippen molar-refractivity contribution in [1.82, 2.24) is 9.97 Å². The van der Waals surface area contributed by atoms with Crippen molar-refractivity contribution >= 4 is 40.6 Å². The van der Waals surface area contributed by atoms with Crippen LogP contribution < -0.4 is 20.9 Å². The average Bonchev–Trinajstić information content (AvgIpc) is 2.81. The summed E-state index contributed by atoms with van der Waals surface area (Å²) in [5, 5.41) is 8.97. The molecule has 4 rings (SSSR count). The van der Waals surface area contributed by atoms with Crippen LogP contribution >= 0.6 is 0 Å². The second-order valence-electron chi connectivity index (χ2n) is 7.74. The van der Waals surface area contributed by atoms with Crippen LogP contribution in [0.25, 0.3) is 0 Å². The lowest BCUT2D eigenvalue weighted by molar-refractivity contribution is -0.120. The van der Waals surface area contributed by atoms with E-state index >= 15 is 0 Å². The Morgan fingerprint density at radius 2 is 1.53 bits per heavy atom. The van der Waals surface area contributed by atoms with Gasteiger partial charge in [0, 0.05) is 49.2 Å². The maximum absolute atomic E-state index is 12.7. The van der Waals surface area contributed by atoms with Crippen molar-refractivity contribution in [2.24, 2.45) is 5.92 Å². The minimum absolute atomic E-state index is 0.0114. The molecule has 1 aliphatic rings. The lowest BCUT2D eigenvalue weighted by Crippen LogP contribution is -2.39. The van der Waals surface area contributed by atoms with Gasteiger partial charge in [-0.2, -0.15) is 4.98 Å². The highest BCUT2D eigenvalue weighted by molar-refractivity contribution is 5.93. The fraction of sp³-hybridized carbons (Fsp3) is 0.250. The number of aromatic nitrogens is 2. The third-order valence-electron chi connectivity index (χ3n) is 5.31. The maximum atomic E-state index is 12.7. The van der Waals surface area contributed by atoms with Crippen molar-refractivity contribution in [3.05, 3.63) is 66.9 Å². The first kappa shape index (κ1) is 21.3. The first-order chi connectivity index (χ1) is 15.6.